The summed E-state index contributed by atoms with van der Waals surface area (Å²) in [6.45, 7) is 6.07. The van der Waals surface area contributed by atoms with Crippen LogP contribution in [0.4, 0.5) is 0 Å². The average Bonchev–Trinajstić information content (AvgIpc) is 2.03. The predicted octanol–water partition coefficient (Wildman–Crippen LogP) is 2.74. The second kappa shape index (κ2) is 3.76. The van der Waals surface area contributed by atoms with Gasteiger partial charge in [0.05, 0.1) is 11.2 Å². The maximum atomic E-state index is 6.10. The van der Waals surface area contributed by atoms with E-state index in [1.165, 1.54) is 0 Å². The van der Waals surface area contributed by atoms with Gasteiger partial charge in [-0.15, -0.1) is 0 Å². The van der Waals surface area contributed by atoms with Crippen molar-refractivity contribution in [3.05, 3.63) is 28.0 Å². The van der Waals surface area contributed by atoms with Crippen molar-refractivity contribution < 1.29 is 0 Å². The fraction of sp³-hybridized carbons (Fsp3) is 0.500. The summed E-state index contributed by atoms with van der Waals surface area (Å²) in [6, 6.07) is 2.04. The SMILES string of the molecule is CCC(C)(N)c1ncc(C)cc1Br. The van der Waals surface area contributed by atoms with E-state index in [0.717, 1.165) is 22.2 Å². The van der Waals surface area contributed by atoms with Crippen LogP contribution in [0.5, 0.6) is 0 Å². The molecule has 1 rings (SSSR count). The molecule has 0 radical (unpaired) electrons. The Morgan fingerprint density at radius 1 is 1.62 bits per heavy atom. The molecule has 1 aromatic heterocycles. The predicted molar refractivity (Wildman–Crippen MR) is 58.5 cm³/mol. The van der Waals surface area contributed by atoms with Crippen LogP contribution in [0.1, 0.15) is 31.5 Å². The summed E-state index contributed by atoms with van der Waals surface area (Å²) in [7, 11) is 0. The Bertz CT molecular complexity index is 308. The average molecular weight is 243 g/mol. The molecule has 1 atom stereocenters. The molecule has 0 saturated carbocycles. The van der Waals surface area contributed by atoms with Crippen molar-refractivity contribution in [2.45, 2.75) is 32.7 Å². The summed E-state index contributed by atoms with van der Waals surface area (Å²) in [5.74, 6) is 0. The van der Waals surface area contributed by atoms with Crippen LogP contribution in [0.3, 0.4) is 0 Å². The molecule has 0 saturated heterocycles. The number of nitrogens with zero attached hydrogens (tertiary/aromatic N) is 1. The summed E-state index contributed by atoms with van der Waals surface area (Å²) in [6.07, 6.45) is 2.72. The van der Waals surface area contributed by atoms with E-state index in [9.17, 15) is 0 Å². The molecular weight excluding hydrogens is 228 g/mol. The Labute approximate surface area is 87.7 Å². The first-order valence-electron chi connectivity index (χ1n) is 4.39. The molecule has 1 aromatic rings. The minimum atomic E-state index is -0.341. The van der Waals surface area contributed by atoms with Gasteiger partial charge in [0.25, 0.3) is 0 Å². The van der Waals surface area contributed by atoms with Crippen LogP contribution >= 0.6 is 15.9 Å². The van der Waals surface area contributed by atoms with Gasteiger partial charge in [0.15, 0.2) is 0 Å². The largest absolute Gasteiger partial charge is 0.320 e. The van der Waals surface area contributed by atoms with Gasteiger partial charge >= 0.3 is 0 Å². The highest BCUT2D eigenvalue weighted by Gasteiger charge is 2.22. The zero-order valence-corrected chi connectivity index (χ0v) is 9.85. The van der Waals surface area contributed by atoms with Crippen LogP contribution < -0.4 is 5.73 Å². The van der Waals surface area contributed by atoms with Crippen molar-refractivity contribution in [1.29, 1.82) is 0 Å². The lowest BCUT2D eigenvalue weighted by Crippen LogP contribution is -2.33. The lowest BCUT2D eigenvalue weighted by molar-refractivity contribution is 0.459. The Kier molecular flexibility index (Phi) is 3.09. The lowest BCUT2D eigenvalue weighted by atomic mass is 9.95. The summed E-state index contributed by atoms with van der Waals surface area (Å²) < 4.78 is 0.999. The number of halogens is 1. The van der Waals surface area contributed by atoms with Gasteiger partial charge in [0, 0.05) is 10.7 Å². The van der Waals surface area contributed by atoms with Crippen molar-refractivity contribution in [2.75, 3.05) is 0 Å². The van der Waals surface area contributed by atoms with Crippen molar-refractivity contribution in [3.63, 3.8) is 0 Å². The molecule has 1 heterocycles. The third kappa shape index (κ3) is 2.29. The summed E-state index contributed by atoms with van der Waals surface area (Å²) in [5.41, 5.74) is 7.83. The molecule has 0 aliphatic heterocycles. The third-order valence-electron chi connectivity index (χ3n) is 2.25. The highest BCUT2D eigenvalue weighted by Crippen LogP contribution is 2.27. The van der Waals surface area contributed by atoms with E-state index in [-0.39, 0.29) is 5.54 Å². The molecule has 0 bridgehead atoms. The first-order chi connectivity index (χ1) is 5.97. The molecular formula is C10H15BrN2. The minimum Gasteiger partial charge on any atom is -0.320 e. The van der Waals surface area contributed by atoms with E-state index in [1.54, 1.807) is 0 Å². The second-order valence-corrected chi connectivity index (χ2v) is 4.47. The van der Waals surface area contributed by atoms with Crippen molar-refractivity contribution >= 4 is 15.9 Å². The Morgan fingerprint density at radius 3 is 2.69 bits per heavy atom. The number of aryl methyl sites for hydroxylation is 1. The fourth-order valence-electron chi connectivity index (χ4n) is 1.12. The van der Waals surface area contributed by atoms with Gasteiger partial charge in [-0.2, -0.15) is 0 Å². The van der Waals surface area contributed by atoms with Gasteiger partial charge in [-0.05, 0) is 47.8 Å². The van der Waals surface area contributed by atoms with E-state index in [4.69, 9.17) is 5.73 Å². The number of pyridine rings is 1. The van der Waals surface area contributed by atoms with Gasteiger partial charge < -0.3 is 5.73 Å². The smallest absolute Gasteiger partial charge is 0.0741 e. The Balaban J connectivity index is 3.16. The van der Waals surface area contributed by atoms with Crippen LogP contribution in [0.15, 0.2) is 16.7 Å². The Hall–Kier alpha value is -0.410. The van der Waals surface area contributed by atoms with Crippen molar-refractivity contribution in [1.82, 2.24) is 4.98 Å². The first kappa shape index (κ1) is 10.7. The number of aromatic nitrogens is 1. The van der Waals surface area contributed by atoms with E-state index < -0.39 is 0 Å². The molecule has 2 nitrogen and oxygen atoms in total. The molecule has 0 aliphatic rings. The monoisotopic (exact) mass is 242 g/mol. The van der Waals surface area contributed by atoms with Gasteiger partial charge in [0.2, 0.25) is 0 Å². The van der Waals surface area contributed by atoms with Gasteiger partial charge in [-0.3, -0.25) is 4.98 Å². The van der Waals surface area contributed by atoms with Crippen molar-refractivity contribution in [3.8, 4) is 0 Å². The molecule has 0 aliphatic carbocycles. The van der Waals surface area contributed by atoms with E-state index in [2.05, 4.69) is 27.8 Å². The maximum Gasteiger partial charge on any atom is 0.0741 e. The van der Waals surface area contributed by atoms with Crippen LogP contribution in [0.25, 0.3) is 0 Å². The molecule has 0 amide bonds. The minimum absolute atomic E-state index is 0.341. The molecule has 0 aromatic carbocycles. The van der Waals surface area contributed by atoms with Gasteiger partial charge in [-0.1, -0.05) is 6.92 Å². The summed E-state index contributed by atoms with van der Waals surface area (Å²) in [4.78, 5) is 4.35. The Morgan fingerprint density at radius 2 is 2.23 bits per heavy atom. The van der Waals surface area contributed by atoms with E-state index in [0.29, 0.717) is 0 Å². The van der Waals surface area contributed by atoms with Crippen LogP contribution in [0, 0.1) is 6.92 Å². The summed E-state index contributed by atoms with van der Waals surface area (Å²) in [5, 5.41) is 0. The van der Waals surface area contributed by atoms with Crippen LogP contribution in [-0.2, 0) is 5.54 Å². The highest BCUT2D eigenvalue weighted by atomic mass is 79.9. The molecule has 13 heavy (non-hydrogen) atoms. The number of rotatable bonds is 2. The van der Waals surface area contributed by atoms with E-state index >= 15 is 0 Å². The number of hydrogen-bond acceptors (Lipinski definition) is 2. The quantitative estimate of drug-likeness (QED) is 0.867. The zero-order valence-electron chi connectivity index (χ0n) is 8.26. The van der Waals surface area contributed by atoms with Crippen molar-refractivity contribution in [2.24, 2.45) is 5.73 Å². The molecule has 0 fully saturated rings. The number of hydrogen-bond donors (Lipinski definition) is 1. The maximum absolute atomic E-state index is 6.10. The van der Waals surface area contributed by atoms with Crippen LogP contribution in [0.2, 0.25) is 0 Å². The van der Waals surface area contributed by atoms with Crippen LogP contribution in [-0.4, -0.2) is 4.98 Å². The molecule has 0 spiro atoms. The molecule has 1 unspecified atom stereocenters. The van der Waals surface area contributed by atoms with Gasteiger partial charge in [-0.25, -0.2) is 0 Å². The topological polar surface area (TPSA) is 38.9 Å². The number of nitrogens with two attached hydrogens (primary N) is 1. The fourth-order valence-corrected chi connectivity index (χ4v) is 2.04. The normalized spacial score (nSPS) is 15.5. The zero-order chi connectivity index (χ0) is 10.1. The molecule has 2 N–H and O–H groups in total. The van der Waals surface area contributed by atoms with Gasteiger partial charge in [0.1, 0.15) is 0 Å². The van der Waals surface area contributed by atoms with E-state index in [1.807, 2.05) is 26.1 Å². The first-order valence-corrected chi connectivity index (χ1v) is 5.18. The summed E-state index contributed by atoms with van der Waals surface area (Å²) >= 11 is 3.48. The standard InChI is InChI=1S/C10H15BrN2/c1-4-10(3,12)9-8(11)5-7(2)6-13-9/h5-6H,4,12H2,1-3H3. The highest BCUT2D eigenvalue weighted by molar-refractivity contribution is 9.10. The second-order valence-electron chi connectivity index (χ2n) is 3.61. The third-order valence-corrected chi connectivity index (χ3v) is 2.86. The molecule has 3 heteroatoms. The lowest BCUT2D eigenvalue weighted by Gasteiger charge is -2.23. The molecule has 72 valence electrons.